The van der Waals surface area contributed by atoms with Crippen molar-refractivity contribution in [3.63, 3.8) is 0 Å². The zero-order valence-corrected chi connectivity index (χ0v) is 12.4. The van der Waals surface area contributed by atoms with Gasteiger partial charge in [-0.15, -0.1) is 11.3 Å². The fourth-order valence-electron chi connectivity index (χ4n) is 2.91. The number of aromatic nitrogens is 1. The molecule has 0 aliphatic carbocycles. The number of rotatable bonds is 2. The first kappa shape index (κ1) is 13.0. The van der Waals surface area contributed by atoms with E-state index >= 15 is 0 Å². The lowest BCUT2D eigenvalue weighted by Crippen LogP contribution is -2.35. The van der Waals surface area contributed by atoms with Gasteiger partial charge in [0.2, 0.25) is 0 Å². The van der Waals surface area contributed by atoms with Crippen molar-refractivity contribution < 1.29 is 14.1 Å². The molecule has 5 nitrogen and oxygen atoms in total. The Labute approximate surface area is 126 Å². The zero-order valence-electron chi connectivity index (χ0n) is 11.6. The first-order chi connectivity index (χ1) is 10.3. The third-order valence-corrected chi connectivity index (χ3v) is 5.25. The molecule has 110 valence electrons. The Kier molecular flexibility index (Phi) is 3.27. The molecule has 0 aromatic carbocycles. The number of nitrogens with zero attached hydrogens (tertiary/aromatic N) is 2. The fraction of sp³-hybridized carbons (Fsp3) is 0.467. The molecule has 21 heavy (non-hydrogen) atoms. The van der Waals surface area contributed by atoms with Crippen molar-refractivity contribution in [2.24, 2.45) is 0 Å². The van der Waals surface area contributed by atoms with Crippen molar-refractivity contribution in [3.05, 3.63) is 39.4 Å². The van der Waals surface area contributed by atoms with Crippen molar-refractivity contribution in [2.75, 3.05) is 13.2 Å². The van der Waals surface area contributed by atoms with Crippen molar-refractivity contribution in [1.29, 1.82) is 0 Å². The number of carbonyl (C=O) groups is 1. The molecule has 4 rings (SSSR count). The van der Waals surface area contributed by atoms with E-state index in [0.717, 1.165) is 42.0 Å². The van der Waals surface area contributed by atoms with Crippen molar-refractivity contribution >= 4 is 17.2 Å². The lowest BCUT2D eigenvalue weighted by molar-refractivity contribution is 0.0739. The molecule has 1 unspecified atom stereocenters. The van der Waals surface area contributed by atoms with Crippen LogP contribution in [0.1, 0.15) is 44.8 Å². The summed E-state index contributed by atoms with van der Waals surface area (Å²) < 4.78 is 10.6. The Bertz CT molecular complexity index is 657. The van der Waals surface area contributed by atoms with Gasteiger partial charge >= 0.3 is 0 Å². The largest absolute Gasteiger partial charge is 0.373 e. The molecule has 1 fully saturated rings. The van der Waals surface area contributed by atoms with Gasteiger partial charge in [-0.2, -0.15) is 0 Å². The van der Waals surface area contributed by atoms with Gasteiger partial charge in [0.25, 0.3) is 5.91 Å². The van der Waals surface area contributed by atoms with E-state index in [9.17, 15) is 4.79 Å². The van der Waals surface area contributed by atoms with Crippen LogP contribution in [0.3, 0.4) is 0 Å². The second-order valence-electron chi connectivity index (χ2n) is 5.47. The molecule has 1 amide bonds. The van der Waals surface area contributed by atoms with Crippen LogP contribution in [0.5, 0.6) is 0 Å². The van der Waals surface area contributed by atoms with Gasteiger partial charge in [0.15, 0.2) is 0 Å². The monoisotopic (exact) mass is 304 g/mol. The van der Waals surface area contributed by atoms with E-state index in [1.54, 1.807) is 17.6 Å². The van der Waals surface area contributed by atoms with Crippen LogP contribution in [0.15, 0.2) is 22.9 Å². The smallest absolute Gasteiger partial charge is 0.264 e. The maximum Gasteiger partial charge on any atom is 0.264 e. The maximum atomic E-state index is 12.6. The fourth-order valence-corrected chi connectivity index (χ4v) is 3.97. The molecule has 4 heterocycles. The van der Waals surface area contributed by atoms with Crippen LogP contribution in [-0.4, -0.2) is 29.1 Å². The normalized spacial score (nSPS) is 21.5. The average molecular weight is 304 g/mol. The highest BCUT2D eigenvalue weighted by atomic mass is 32.1. The second kappa shape index (κ2) is 5.27. The SMILES string of the molecule is O=C(c1ccc(C2CCCO2)s1)N1CCc2nocc2C1. The highest BCUT2D eigenvalue weighted by Gasteiger charge is 2.26. The van der Waals surface area contributed by atoms with Crippen LogP contribution in [0.25, 0.3) is 0 Å². The Morgan fingerprint density at radius 1 is 1.43 bits per heavy atom. The van der Waals surface area contributed by atoms with E-state index in [2.05, 4.69) is 5.16 Å². The molecule has 1 atom stereocenters. The third-order valence-electron chi connectivity index (χ3n) is 4.08. The number of thiophene rings is 1. The van der Waals surface area contributed by atoms with Crippen molar-refractivity contribution in [2.45, 2.75) is 31.9 Å². The van der Waals surface area contributed by atoms with Crippen molar-refractivity contribution in [1.82, 2.24) is 10.1 Å². The molecule has 0 spiro atoms. The average Bonchev–Trinajstić information content (AvgIpc) is 3.24. The summed E-state index contributed by atoms with van der Waals surface area (Å²) in [6.45, 7) is 2.12. The van der Waals surface area contributed by atoms with Gasteiger partial charge in [-0.3, -0.25) is 4.79 Å². The zero-order chi connectivity index (χ0) is 14.2. The molecule has 2 aromatic rings. The number of hydrogen-bond acceptors (Lipinski definition) is 5. The molecule has 2 aliphatic rings. The van der Waals surface area contributed by atoms with Crippen LogP contribution in [0.4, 0.5) is 0 Å². The van der Waals surface area contributed by atoms with Crippen LogP contribution in [0.2, 0.25) is 0 Å². The lowest BCUT2D eigenvalue weighted by atomic mass is 10.1. The summed E-state index contributed by atoms with van der Waals surface area (Å²) in [7, 11) is 0. The molecule has 0 saturated carbocycles. The quantitative estimate of drug-likeness (QED) is 0.856. The number of ether oxygens (including phenoxy) is 1. The molecular weight excluding hydrogens is 288 g/mol. The van der Waals surface area contributed by atoms with E-state index in [-0.39, 0.29) is 12.0 Å². The number of fused-ring (bicyclic) bond motifs is 1. The van der Waals surface area contributed by atoms with Gasteiger partial charge in [0.1, 0.15) is 6.26 Å². The first-order valence-electron chi connectivity index (χ1n) is 7.24. The molecule has 2 aromatic heterocycles. The topological polar surface area (TPSA) is 55.6 Å². The summed E-state index contributed by atoms with van der Waals surface area (Å²) in [5.74, 6) is 0.0936. The van der Waals surface area contributed by atoms with Gasteiger partial charge < -0.3 is 14.2 Å². The second-order valence-corrected chi connectivity index (χ2v) is 6.58. The summed E-state index contributed by atoms with van der Waals surface area (Å²) in [5, 5.41) is 3.95. The Morgan fingerprint density at radius 2 is 2.38 bits per heavy atom. The molecule has 1 saturated heterocycles. The summed E-state index contributed by atoms with van der Waals surface area (Å²) >= 11 is 1.56. The minimum atomic E-state index is 0.0936. The van der Waals surface area contributed by atoms with E-state index in [4.69, 9.17) is 9.26 Å². The molecule has 0 bridgehead atoms. The Hall–Kier alpha value is -1.66. The summed E-state index contributed by atoms with van der Waals surface area (Å²) in [6, 6.07) is 3.95. The number of carbonyl (C=O) groups excluding carboxylic acids is 1. The Balaban J connectivity index is 1.50. The van der Waals surface area contributed by atoms with E-state index < -0.39 is 0 Å². The number of hydrogen-bond donors (Lipinski definition) is 0. The molecule has 2 aliphatic heterocycles. The lowest BCUT2D eigenvalue weighted by Gasteiger charge is -2.25. The predicted octanol–water partition coefficient (Wildman–Crippen LogP) is 2.79. The van der Waals surface area contributed by atoms with E-state index in [0.29, 0.717) is 13.1 Å². The van der Waals surface area contributed by atoms with Gasteiger partial charge in [-0.05, 0) is 25.0 Å². The summed E-state index contributed by atoms with van der Waals surface area (Å²) in [5.41, 5.74) is 2.00. The molecule has 0 radical (unpaired) electrons. The van der Waals surface area contributed by atoms with Gasteiger partial charge in [0, 0.05) is 30.0 Å². The van der Waals surface area contributed by atoms with Crippen LogP contribution in [-0.2, 0) is 17.7 Å². The standard InChI is InChI=1S/C15H16N2O3S/c18-15(17-6-5-11-10(8-17)9-20-16-11)14-4-3-13(21-14)12-2-1-7-19-12/h3-4,9,12H,1-2,5-8H2. The number of amides is 1. The minimum absolute atomic E-state index is 0.0936. The molecule has 6 heteroatoms. The van der Waals surface area contributed by atoms with Crippen molar-refractivity contribution in [3.8, 4) is 0 Å². The van der Waals surface area contributed by atoms with E-state index in [1.165, 1.54) is 4.88 Å². The summed E-state index contributed by atoms with van der Waals surface area (Å²) in [4.78, 5) is 16.4. The van der Waals surface area contributed by atoms with Crippen LogP contribution >= 0.6 is 11.3 Å². The van der Waals surface area contributed by atoms with Gasteiger partial charge in [-0.25, -0.2) is 0 Å². The van der Waals surface area contributed by atoms with Crippen LogP contribution in [0, 0.1) is 0 Å². The van der Waals surface area contributed by atoms with Gasteiger partial charge in [0.05, 0.1) is 23.2 Å². The van der Waals surface area contributed by atoms with Gasteiger partial charge in [-0.1, -0.05) is 5.16 Å². The Morgan fingerprint density at radius 3 is 3.24 bits per heavy atom. The van der Waals surface area contributed by atoms with Crippen LogP contribution < -0.4 is 0 Å². The third kappa shape index (κ3) is 2.38. The van der Waals surface area contributed by atoms with E-state index in [1.807, 2.05) is 17.0 Å². The molecular formula is C15H16N2O3S. The predicted molar refractivity (Wildman–Crippen MR) is 77.2 cm³/mol. The minimum Gasteiger partial charge on any atom is -0.373 e. The summed E-state index contributed by atoms with van der Waals surface area (Å²) in [6.07, 6.45) is 4.75. The highest BCUT2D eigenvalue weighted by Crippen LogP contribution is 2.34. The first-order valence-corrected chi connectivity index (χ1v) is 8.05. The molecule has 0 N–H and O–H groups in total. The maximum absolute atomic E-state index is 12.6. The highest BCUT2D eigenvalue weighted by molar-refractivity contribution is 7.14.